The highest BCUT2D eigenvalue weighted by Crippen LogP contribution is 2.12. The van der Waals surface area contributed by atoms with Crippen LogP contribution in [0, 0.1) is 0 Å². The normalized spacial score (nSPS) is 16.8. The Balaban J connectivity index is 1.98. The van der Waals surface area contributed by atoms with Crippen molar-refractivity contribution in [3.63, 3.8) is 0 Å². The van der Waals surface area contributed by atoms with Crippen molar-refractivity contribution in [3.05, 3.63) is 29.8 Å². The molecule has 0 radical (unpaired) electrons. The minimum Gasteiger partial charge on any atom is -0.508 e. The lowest BCUT2D eigenvalue weighted by atomic mass is 10.1. The average molecular weight is 205 g/mol. The number of phenols is 1. The molecular formula is C12H15NO2. The van der Waals surface area contributed by atoms with E-state index in [4.69, 9.17) is 5.11 Å². The number of hydrogen-bond acceptors (Lipinski definition) is 3. The number of carbonyl (C=O) groups excluding carboxylic acids is 1. The first-order valence-corrected chi connectivity index (χ1v) is 5.30. The van der Waals surface area contributed by atoms with Gasteiger partial charge in [-0.25, -0.2) is 0 Å². The van der Waals surface area contributed by atoms with Gasteiger partial charge < -0.3 is 5.11 Å². The highest BCUT2D eigenvalue weighted by Gasteiger charge is 2.15. The van der Waals surface area contributed by atoms with Crippen molar-refractivity contribution < 1.29 is 9.90 Å². The summed E-state index contributed by atoms with van der Waals surface area (Å²) in [5, 5.41) is 9.10. The van der Waals surface area contributed by atoms with Gasteiger partial charge in [-0.05, 0) is 50.2 Å². The van der Waals surface area contributed by atoms with Crippen LogP contribution in [0.5, 0.6) is 5.75 Å². The monoisotopic (exact) mass is 205 g/mol. The third-order valence-corrected chi connectivity index (χ3v) is 2.76. The zero-order chi connectivity index (χ0) is 10.7. The van der Waals surface area contributed by atoms with Gasteiger partial charge in [0, 0.05) is 5.56 Å². The molecule has 1 N–H and O–H groups in total. The van der Waals surface area contributed by atoms with Crippen LogP contribution in [0.3, 0.4) is 0 Å². The summed E-state index contributed by atoms with van der Waals surface area (Å²) in [5.41, 5.74) is 0.680. The lowest BCUT2D eigenvalue weighted by Crippen LogP contribution is -2.26. The van der Waals surface area contributed by atoms with Crippen LogP contribution >= 0.6 is 0 Å². The summed E-state index contributed by atoms with van der Waals surface area (Å²) in [6.45, 7) is 2.57. The largest absolute Gasteiger partial charge is 0.508 e. The quantitative estimate of drug-likeness (QED) is 0.763. The van der Waals surface area contributed by atoms with E-state index in [-0.39, 0.29) is 11.5 Å². The Morgan fingerprint density at radius 3 is 2.40 bits per heavy atom. The zero-order valence-electron chi connectivity index (χ0n) is 8.65. The van der Waals surface area contributed by atoms with Gasteiger partial charge in [0.15, 0.2) is 5.78 Å². The lowest BCUT2D eigenvalue weighted by molar-refractivity contribution is 0.0945. The van der Waals surface area contributed by atoms with E-state index in [1.165, 1.54) is 12.8 Å². The van der Waals surface area contributed by atoms with Gasteiger partial charge in [-0.2, -0.15) is 0 Å². The second-order valence-electron chi connectivity index (χ2n) is 3.95. The minimum atomic E-state index is 0.136. The molecule has 1 aromatic carbocycles. The fourth-order valence-electron chi connectivity index (χ4n) is 1.88. The molecule has 3 nitrogen and oxygen atoms in total. The molecule has 0 bridgehead atoms. The van der Waals surface area contributed by atoms with E-state index in [9.17, 15) is 4.79 Å². The van der Waals surface area contributed by atoms with Gasteiger partial charge in [0.1, 0.15) is 5.75 Å². The van der Waals surface area contributed by atoms with Gasteiger partial charge in [-0.3, -0.25) is 9.69 Å². The third-order valence-electron chi connectivity index (χ3n) is 2.76. The molecule has 2 rings (SSSR count). The van der Waals surface area contributed by atoms with E-state index in [0.29, 0.717) is 12.1 Å². The number of Topliss-reactive ketones (excluding diaryl/α,β-unsaturated/α-hetero) is 1. The summed E-state index contributed by atoms with van der Waals surface area (Å²) in [5.74, 6) is 0.338. The number of aromatic hydroxyl groups is 1. The number of hydrogen-bond donors (Lipinski definition) is 1. The van der Waals surface area contributed by atoms with Gasteiger partial charge in [-0.15, -0.1) is 0 Å². The molecule has 1 saturated heterocycles. The molecule has 1 aliphatic rings. The van der Waals surface area contributed by atoms with Gasteiger partial charge in [0.05, 0.1) is 6.54 Å². The standard InChI is InChI=1S/C12H15NO2/c14-11-5-3-10(4-6-11)12(15)9-13-7-1-2-8-13/h3-6,14H,1-2,7-9H2. The van der Waals surface area contributed by atoms with Crippen LogP contribution in [-0.4, -0.2) is 35.4 Å². The van der Waals surface area contributed by atoms with E-state index >= 15 is 0 Å². The first-order valence-electron chi connectivity index (χ1n) is 5.30. The van der Waals surface area contributed by atoms with Crippen LogP contribution in [0.15, 0.2) is 24.3 Å². The Bertz CT molecular complexity index is 339. The summed E-state index contributed by atoms with van der Waals surface area (Å²) in [6.07, 6.45) is 2.39. The van der Waals surface area contributed by atoms with Crippen molar-refractivity contribution in [3.8, 4) is 5.75 Å². The van der Waals surface area contributed by atoms with Crippen LogP contribution in [0.2, 0.25) is 0 Å². The molecule has 0 aromatic heterocycles. The Morgan fingerprint density at radius 2 is 1.80 bits per heavy atom. The van der Waals surface area contributed by atoms with Crippen molar-refractivity contribution in [2.24, 2.45) is 0 Å². The summed E-state index contributed by atoms with van der Waals surface area (Å²) in [7, 11) is 0. The number of ketones is 1. The van der Waals surface area contributed by atoms with E-state index in [2.05, 4.69) is 4.90 Å². The molecule has 3 heteroatoms. The molecule has 0 aliphatic carbocycles. The van der Waals surface area contributed by atoms with E-state index in [0.717, 1.165) is 13.1 Å². The van der Waals surface area contributed by atoms with Crippen LogP contribution in [-0.2, 0) is 0 Å². The van der Waals surface area contributed by atoms with Crippen molar-refractivity contribution in [1.29, 1.82) is 0 Å². The topological polar surface area (TPSA) is 40.5 Å². The van der Waals surface area contributed by atoms with Gasteiger partial charge in [0.2, 0.25) is 0 Å². The van der Waals surface area contributed by atoms with Crippen molar-refractivity contribution in [1.82, 2.24) is 4.90 Å². The Kier molecular flexibility index (Phi) is 3.02. The molecule has 0 spiro atoms. The smallest absolute Gasteiger partial charge is 0.176 e. The maximum absolute atomic E-state index is 11.8. The summed E-state index contributed by atoms with van der Waals surface area (Å²) < 4.78 is 0. The van der Waals surface area contributed by atoms with Crippen LogP contribution in [0.1, 0.15) is 23.2 Å². The van der Waals surface area contributed by atoms with Crippen molar-refractivity contribution in [2.45, 2.75) is 12.8 Å². The predicted octanol–water partition coefficient (Wildman–Crippen LogP) is 1.67. The molecule has 1 heterocycles. The molecule has 1 aliphatic heterocycles. The van der Waals surface area contributed by atoms with Crippen molar-refractivity contribution >= 4 is 5.78 Å². The highest BCUT2D eigenvalue weighted by molar-refractivity contribution is 5.97. The maximum Gasteiger partial charge on any atom is 0.176 e. The molecule has 0 unspecified atom stereocenters. The number of carbonyl (C=O) groups is 1. The van der Waals surface area contributed by atoms with E-state index in [1.54, 1.807) is 24.3 Å². The van der Waals surface area contributed by atoms with Gasteiger partial charge in [0.25, 0.3) is 0 Å². The summed E-state index contributed by atoms with van der Waals surface area (Å²) >= 11 is 0. The molecule has 15 heavy (non-hydrogen) atoms. The first-order chi connectivity index (χ1) is 7.25. The van der Waals surface area contributed by atoms with Crippen LogP contribution in [0.4, 0.5) is 0 Å². The van der Waals surface area contributed by atoms with Gasteiger partial charge >= 0.3 is 0 Å². The van der Waals surface area contributed by atoms with Crippen LogP contribution < -0.4 is 0 Å². The Hall–Kier alpha value is -1.35. The molecule has 80 valence electrons. The minimum absolute atomic E-state index is 0.136. The number of likely N-dealkylation sites (tertiary alicyclic amines) is 1. The number of phenolic OH excluding ortho intramolecular Hbond substituents is 1. The highest BCUT2D eigenvalue weighted by atomic mass is 16.3. The predicted molar refractivity (Wildman–Crippen MR) is 58.1 cm³/mol. The second kappa shape index (κ2) is 4.45. The fraction of sp³-hybridized carbons (Fsp3) is 0.417. The maximum atomic E-state index is 11.8. The Morgan fingerprint density at radius 1 is 1.20 bits per heavy atom. The molecule has 0 amide bonds. The first kappa shape index (κ1) is 10.2. The van der Waals surface area contributed by atoms with Crippen molar-refractivity contribution in [2.75, 3.05) is 19.6 Å². The number of nitrogens with zero attached hydrogens (tertiary/aromatic N) is 1. The molecule has 0 atom stereocenters. The molecule has 1 aromatic rings. The second-order valence-corrected chi connectivity index (χ2v) is 3.95. The zero-order valence-corrected chi connectivity index (χ0v) is 8.65. The third kappa shape index (κ3) is 2.57. The summed E-state index contributed by atoms with van der Waals surface area (Å²) in [4.78, 5) is 14.0. The molecular weight excluding hydrogens is 190 g/mol. The summed E-state index contributed by atoms with van der Waals surface area (Å²) in [6, 6.07) is 6.45. The van der Waals surface area contributed by atoms with E-state index in [1.807, 2.05) is 0 Å². The average Bonchev–Trinajstić information content (AvgIpc) is 2.71. The number of rotatable bonds is 3. The van der Waals surface area contributed by atoms with Crippen LogP contribution in [0.25, 0.3) is 0 Å². The Labute approximate surface area is 89.3 Å². The molecule has 0 saturated carbocycles. The lowest BCUT2D eigenvalue weighted by Gasteiger charge is -2.12. The molecule has 1 fully saturated rings. The number of benzene rings is 1. The fourth-order valence-corrected chi connectivity index (χ4v) is 1.88. The van der Waals surface area contributed by atoms with E-state index < -0.39 is 0 Å². The SMILES string of the molecule is O=C(CN1CCCC1)c1ccc(O)cc1. The van der Waals surface area contributed by atoms with Gasteiger partial charge in [-0.1, -0.05) is 0 Å².